The molecular formula is C17H16BrN3O3. The molecule has 3 aromatic rings. The predicted molar refractivity (Wildman–Crippen MR) is 95.3 cm³/mol. The molecule has 124 valence electrons. The fourth-order valence-electron chi connectivity index (χ4n) is 2.36. The number of nitrogens with one attached hydrogen (secondary N) is 1. The van der Waals surface area contributed by atoms with Crippen molar-refractivity contribution in [2.75, 3.05) is 19.1 Å². The third-order valence-electron chi connectivity index (χ3n) is 3.46. The molecule has 0 bridgehead atoms. The molecule has 3 rings (SSSR count). The second-order valence-corrected chi connectivity index (χ2v) is 5.82. The van der Waals surface area contributed by atoms with Gasteiger partial charge in [-0.25, -0.2) is 9.66 Å². The van der Waals surface area contributed by atoms with Crippen molar-refractivity contribution in [1.82, 2.24) is 9.66 Å². The summed E-state index contributed by atoms with van der Waals surface area (Å²) in [7, 11) is 1.54. The first-order chi connectivity index (χ1) is 11.6. The minimum atomic E-state index is -0.278. The van der Waals surface area contributed by atoms with E-state index in [4.69, 9.17) is 9.47 Å². The zero-order chi connectivity index (χ0) is 17.1. The molecule has 0 radical (unpaired) electrons. The van der Waals surface area contributed by atoms with E-state index in [1.807, 2.05) is 31.2 Å². The van der Waals surface area contributed by atoms with Crippen LogP contribution in [0, 0.1) is 0 Å². The van der Waals surface area contributed by atoms with E-state index in [1.54, 1.807) is 23.1 Å². The first-order valence-corrected chi connectivity index (χ1v) is 8.17. The van der Waals surface area contributed by atoms with E-state index in [0.29, 0.717) is 28.1 Å². The van der Waals surface area contributed by atoms with Crippen LogP contribution in [0.25, 0.3) is 11.0 Å². The van der Waals surface area contributed by atoms with Crippen molar-refractivity contribution in [2.45, 2.75) is 6.92 Å². The summed E-state index contributed by atoms with van der Waals surface area (Å²) in [6.45, 7) is 2.39. The van der Waals surface area contributed by atoms with Crippen LogP contribution in [-0.4, -0.2) is 29.3 Å². The number of hydrogen-bond donors (Lipinski definition) is 1. The van der Waals surface area contributed by atoms with E-state index in [-0.39, 0.29) is 5.91 Å². The van der Waals surface area contributed by atoms with E-state index in [2.05, 4.69) is 26.3 Å². The minimum Gasteiger partial charge on any atom is -0.493 e. The molecule has 0 spiro atoms. The number of amides is 1. The number of imidazole rings is 1. The molecule has 0 fully saturated rings. The van der Waals surface area contributed by atoms with Gasteiger partial charge in [0, 0.05) is 5.56 Å². The smallest absolute Gasteiger partial charge is 0.270 e. The van der Waals surface area contributed by atoms with Crippen LogP contribution in [0.1, 0.15) is 17.3 Å². The van der Waals surface area contributed by atoms with E-state index < -0.39 is 0 Å². The summed E-state index contributed by atoms with van der Waals surface area (Å²) in [6, 6.07) is 10.9. The average Bonchev–Trinajstić information content (AvgIpc) is 2.99. The number of carbonyl (C=O) groups excluding carboxylic acids is 1. The molecule has 6 nitrogen and oxygen atoms in total. The standard InChI is InChI=1S/C17H16BrN3O3/c1-3-24-16-12(18)8-11(9-15(16)23-2)17(22)20-21-10-19-13-6-4-5-7-14(13)21/h4-10H,3H2,1-2H3,(H,20,22). The van der Waals surface area contributed by atoms with Crippen LogP contribution < -0.4 is 14.9 Å². The van der Waals surface area contributed by atoms with Gasteiger partial charge in [0.1, 0.15) is 6.33 Å². The van der Waals surface area contributed by atoms with Crippen molar-refractivity contribution < 1.29 is 14.3 Å². The Morgan fingerprint density at radius 2 is 2.12 bits per heavy atom. The molecule has 0 aliphatic rings. The number of nitrogens with zero attached hydrogens (tertiary/aromatic N) is 2. The van der Waals surface area contributed by atoms with Gasteiger partial charge in [-0.3, -0.25) is 10.2 Å². The maximum atomic E-state index is 12.6. The SMILES string of the molecule is CCOc1c(Br)cc(C(=O)Nn2cnc3ccccc32)cc1OC. The molecule has 7 heteroatoms. The number of halogens is 1. The highest BCUT2D eigenvalue weighted by molar-refractivity contribution is 9.10. The quantitative estimate of drug-likeness (QED) is 0.723. The minimum absolute atomic E-state index is 0.278. The molecule has 1 N–H and O–H groups in total. The summed E-state index contributed by atoms with van der Waals surface area (Å²) in [4.78, 5) is 16.8. The molecule has 1 amide bonds. The van der Waals surface area contributed by atoms with E-state index in [0.717, 1.165) is 11.0 Å². The second-order valence-electron chi connectivity index (χ2n) is 4.97. The van der Waals surface area contributed by atoms with Gasteiger partial charge in [-0.2, -0.15) is 0 Å². The van der Waals surface area contributed by atoms with Gasteiger partial charge in [-0.1, -0.05) is 12.1 Å². The third kappa shape index (κ3) is 3.07. The molecule has 0 atom stereocenters. The molecule has 0 unspecified atom stereocenters. The molecule has 0 saturated heterocycles. The van der Waals surface area contributed by atoms with Crippen molar-refractivity contribution in [3.63, 3.8) is 0 Å². The lowest BCUT2D eigenvalue weighted by Crippen LogP contribution is -2.22. The molecule has 0 aliphatic heterocycles. The van der Waals surface area contributed by atoms with Crippen molar-refractivity contribution in [3.05, 3.63) is 52.8 Å². The van der Waals surface area contributed by atoms with Crippen LogP contribution in [-0.2, 0) is 0 Å². The Hall–Kier alpha value is -2.54. The monoisotopic (exact) mass is 389 g/mol. The van der Waals surface area contributed by atoms with Gasteiger partial charge >= 0.3 is 0 Å². The van der Waals surface area contributed by atoms with Crippen LogP contribution in [0.5, 0.6) is 11.5 Å². The number of fused-ring (bicyclic) bond motifs is 1. The molecule has 1 aromatic heterocycles. The van der Waals surface area contributed by atoms with E-state index in [1.165, 1.54) is 7.11 Å². The van der Waals surface area contributed by atoms with Crippen LogP contribution in [0.15, 0.2) is 47.2 Å². The summed E-state index contributed by atoms with van der Waals surface area (Å²) >= 11 is 3.42. The van der Waals surface area contributed by atoms with Crippen LogP contribution >= 0.6 is 15.9 Å². The van der Waals surface area contributed by atoms with Gasteiger partial charge in [-0.15, -0.1) is 0 Å². The molecule has 0 aliphatic carbocycles. The Bertz CT molecular complexity index is 892. The number of hydrogen-bond acceptors (Lipinski definition) is 4. The molecular weight excluding hydrogens is 374 g/mol. The topological polar surface area (TPSA) is 65.4 Å². The summed E-state index contributed by atoms with van der Waals surface area (Å²) < 4.78 is 13.1. The zero-order valence-electron chi connectivity index (χ0n) is 13.2. The predicted octanol–water partition coefficient (Wildman–Crippen LogP) is 3.59. The first-order valence-electron chi connectivity index (χ1n) is 7.37. The second kappa shape index (κ2) is 6.92. The summed E-state index contributed by atoms with van der Waals surface area (Å²) in [6.07, 6.45) is 1.57. The highest BCUT2D eigenvalue weighted by Crippen LogP contribution is 2.36. The van der Waals surface area contributed by atoms with E-state index >= 15 is 0 Å². The maximum absolute atomic E-state index is 12.6. The van der Waals surface area contributed by atoms with Gasteiger partial charge < -0.3 is 9.47 Å². The number of carbonyl (C=O) groups is 1. The Labute approximate surface area is 147 Å². The molecule has 1 heterocycles. The molecule has 24 heavy (non-hydrogen) atoms. The number of aromatic nitrogens is 2. The largest absolute Gasteiger partial charge is 0.493 e. The van der Waals surface area contributed by atoms with Gasteiger partial charge in [0.05, 0.1) is 29.2 Å². The van der Waals surface area contributed by atoms with Crippen molar-refractivity contribution in [1.29, 1.82) is 0 Å². The Kier molecular flexibility index (Phi) is 4.71. The van der Waals surface area contributed by atoms with Gasteiger partial charge in [-0.05, 0) is 47.1 Å². The normalized spacial score (nSPS) is 10.6. The van der Waals surface area contributed by atoms with Crippen LogP contribution in [0.2, 0.25) is 0 Å². The highest BCUT2D eigenvalue weighted by atomic mass is 79.9. The van der Waals surface area contributed by atoms with Gasteiger partial charge in [0.2, 0.25) is 0 Å². The maximum Gasteiger partial charge on any atom is 0.270 e. The van der Waals surface area contributed by atoms with Gasteiger partial charge in [0.25, 0.3) is 5.91 Å². The van der Waals surface area contributed by atoms with Crippen molar-refractivity contribution in [2.24, 2.45) is 0 Å². The lowest BCUT2D eigenvalue weighted by Gasteiger charge is -2.13. The average molecular weight is 390 g/mol. The highest BCUT2D eigenvalue weighted by Gasteiger charge is 2.16. The van der Waals surface area contributed by atoms with Crippen molar-refractivity contribution >= 4 is 32.9 Å². The first kappa shape index (κ1) is 16.3. The van der Waals surface area contributed by atoms with Crippen LogP contribution in [0.4, 0.5) is 0 Å². The Morgan fingerprint density at radius 3 is 2.88 bits per heavy atom. The fourth-order valence-corrected chi connectivity index (χ4v) is 2.91. The van der Waals surface area contributed by atoms with Crippen LogP contribution in [0.3, 0.4) is 0 Å². The number of methoxy groups -OCH3 is 1. The fraction of sp³-hybridized carbons (Fsp3) is 0.176. The lowest BCUT2D eigenvalue weighted by molar-refractivity contribution is 0.101. The van der Waals surface area contributed by atoms with Crippen molar-refractivity contribution in [3.8, 4) is 11.5 Å². The number of ether oxygens (including phenoxy) is 2. The molecule has 0 saturated carbocycles. The lowest BCUT2D eigenvalue weighted by atomic mass is 10.2. The number of para-hydroxylation sites is 2. The van der Waals surface area contributed by atoms with E-state index in [9.17, 15) is 4.79 Å². The van der Waals surface area contributed by atoms with Gasteiger partial charge in [0.15, 0.2) is 11.5 Å². The summed E-state index contributed by atoms with van der Waals surface area (Å²) in [5.74, 6) is 0.789. The number of rotatable bonds is 5. The zero-order valence-corrected chi connectivity index (χ0v) is 14.8. The summed E-state index contributed by atoms with van der Waals surface area (Å²) in [5.41, 5.74) is 4.88. The molecule has 2 aromatic carbocycles. The number of benzene rings is 2. The Balaban J connectivity index is 1.91. The Morgan fingerprint density at radius 1 is 1.33 bits per heavy atom. The summed E-state index contributed by atoms with van der Waals surface area (Å²) in [5, 5.41) is 0. The third-order valence-corrected chi connectivity index (χ3v) is 4.04.